The summed E-state index contributed by atoms with van der Waals surface area (Å²) in [6.45, 7) is 7.19. The van der Waals surface area contributed by atoms with Crippen LogP contribution in [0, 0.1) is 34.0 Å². The fourth-order valence-electron chi connectivity index (χ4n) is 8.74. The average Bonchev–Trinajstić information content (AvgIpc) is 3.25. The highest BCUT2D eigenvalue weighted by molar-refractivity contribution is 5.99. The van der Waals surface area contributed by atoms with E-state index in [0.29, 0.717) is 22.5 Å². The van der Waals surface area contributed by atoms with Crippen LogP contribution < -0.4 is 0 Å². The molecule has 4 saturated carbocycles. The van der Waals surface area contributed by atoms with Crippen molar-refractivity contribution in [1.29, 1.82) is 0 Å². The quantitative estimate of drug-likeness (QED) is 0.601. The van der Waals surface area contributed by atoms with Crippen LogP contribution in [-0.2, 0) is 4.79 Å². The lowest BCUT2D eigenvalue weighted by Crippen LogP contribution is -2.45. The molecule has 0 aromatic heterocycles. The summed E-state index contributed by atoms with van der Waals surface area (Å²) in [5.41, 5.74) is 3.92. The maximum absolute atomic E-state index is 13.3. The van der Waals surface area contributed by atoms with E-state index < -0.39 is 0 Å². The number of rotatable bonds is 2. The van der Waals surface area contributed by atoms with Crippen LogP contribution in [0.4, 0.5) is 0 Å². The second-order valence-electron chi connectivity index (χ2n) is 11.0. The van der Waals surface area contributed by atoms with Crippen molar-refractivity contribution in [3.8, 4) is 0 Å². The van der Waals surface area contributed by atoms with Gasteiger partial charge >= 0.3 is 0 Å². The van der Waals surface area contributed by atoms with Gasteiger partial charge in [-0.05, 0) is 105 Å². The molecule has 0 N–H and O–H groups in total. The Morgan fingerprint density at radius 2 is 1.46 bits per heavy atom. The molecule has 132 valence electrons. The molecular formula is C23H34O. The average molecular weight is 327 g/mol. The molecule has 1 unspecified atom stereocenters. The Kier molecular flexibility index (Phi) is 3.11. The predicted octanol–water partition coefficient (Wildman–Crippen LogP) is 6.08. The number of Topliss-reactive ketones (excluding diaryl/α,β-unsaturated/α-hetero) is 1. The van der Waals surface area contributed by atoms with Crippen molar-refractivity contribution in [1.82, 2.24) is 0 Å². The minimum Gasteiger partial charge on any atom is -0.295 e. The maximum atomic E-state index is 13.3. The van der Waals surface area contributed by atoms with Crippen molar-refractivity contribution < 1.29 is 4.79 Å². The summed E-state index contributed by atoms with van der Waals surface area (Å²) in [5, 5.41) is 0. The van der Waals surface area contributed by atoms with Crippen molar-refractivity contribution in [3.63, 3.8) is 0 Å². The van der Waals surface area contributed by atoms with Crippen LogP contribution in [0.2, 0.25) is 0 Å². The van der Waals surface area contributed by atoms with Gasteiger partial charge in [0.1, 0.15) is 0 Å². The lowest BCUT2D eigenvalue weighted by Gasteiger charge is -2.51. The SMILES string of the molecule is CC1=C(C23CCC(CC2)C3)C(=O)CC(C)(C)C1C12CCC(CC1)C2. The number of hydrogen-bond acceptors (Lipinski definition) is 1. The zero-order chi connectivity index (χ0) is 16.7. The summed E-state index contributed by atoms with van der Waals surface area (Å²) in [7, 11) is 0. The highest BCUT2D eigenvalue weighted by Crippen LogP contribution is 2.68. The fourth-order valence-corrected chi connectivity index (χ4v) is 8.74. The number of fused-ring (bicyclic) bond motifs is 4. The molecule has 1 heteroatoms. The molecule has 0 amide bonds. The van der Waals surface area contributed by atoms with Crippen LogP contribution >= 0.6 is 0 Å². The van der Waals surface area contributed by atoms with Gasteiger partial charge in [-0.3, -0.25) is 4.79 Å². The van der Waals surface area contributed by atoms with Gasteiger partial charge in [-0.2, -0.15) is 0 Å². The third kappa shape index (κ3) is 1.91. The Bertz CT molecular complexity index is 606. The molecule has 5 aliphatic rings. The highest BCUT2D eigenvalue weighted by atomic mass is 16.1. The standard InChI is InChI=1S/C23H34O/c1-15-19(22-8-4-16(12-22)5-9-22)18(24)14-21(2,3)20(15)23-10-6-17(13-23)7-11-23/h16-17,20H,4-14H2,1-3H3. The fraction of sp³-hybridized carbons (Fsp3) is 0.870. The zero-order valence-electron chi connectivity index (χ0n) is 15.9. The van der Waals surface area contributed by atoms with Gasteiger partial charge in [0.2, 0.25) is 0 Å². The molecule has 1 atom stereocenters. The van der Waals surface area contributed by atoms with E-state index in [-0.39, 0.29) is 5.41 Å². The van der Waals surface area contributed by atoms with Gasteiger partial charge in [0.15, 0.2) is 5.78 Å². The van der Waals surface area contributed by atoms with E-state index in [2.05, 4.69) is 20.8 Å². The van der Waals surface area contributed by atoms with Crippen LogP contribution in [0.15, 0.2) is 11.1 Å². The first-order chi connectivity index (χ1) is 11.4. The summed E-state index contributed by atoms with van der Waals surface area (Å²) in [5.74, 6) is 3.11. The normalized spacial score (nSPS) is 49.5. The molecular weight excluding hydrogens is 292 g/mol. The first-order valence-electron chi connectivity index (χ1n) is 10.6. The monoisotopic (exact) mass is 326 g/mol. The van der Waals surface area contributed by atoms with E-state index in [1.165, 1.54) is 69.8 Å². The Morgan fingerprint density at radius 3 is 1.96 bits per heavy atom. The van der Waals surface area contributed by atoms with Crippen LogP contribution in [0.5, 0.6) is 0 Å². The highest BCUT2D eigenvalue weighted by Gasteiger charge is 2.59. The minimum absolute atomic E-state index is 0.164. The maximum Gasteiger partial charge on any atom is 0.159 e. The molecule has 0 aliphatic heterocycles. The minimum atomic E-state index is 0.164. The van der Waals surface area contributed by atoms with Gasteiger partial charge in [0.05, 0.1) is 0 Å². The first kappa shape index (κ1) is 15.6. The van der Waals surface area contributed by atoms with Crippen molar-refractivity contribution in [3.05, 3.63) is 11.1 Å². The molecule has 0 aromatic rings. The number of carbonyl (C=O) groups excluding carboxylic acids is 1. The molecule has 24 heavy (non-hydrogen) atoms. The van der Waals surface area contributed by atoms with Crippen LogP contribution in [0.1, 0.15) is 91.4 Å². The number of carbonyl (C=O) groups is 1. The molecule has 4 fully saturated rings. The molecule has 0 radical (unpaired) electrons. The van der Waals surface area contributed by atoms with E-state index in [0.717, 1.165) is 18.3 Å². The van der Waals surface area contributed by atoms with E-state index in [9.17, 15) is 4.79 Å². The van der Waals surface area contributed by atoms with Gasteiger partial charge < -0.3 is 0 Å². The van der Waals surface area contributed by atoms with Crippen LogP contribution in [0.25, 0.3) is 0 Å². The molecule has 0 aromatic carbocycles. The number of ketones is 1. The summed E-state index contributed by atoms with van der Waals surface area (Å²) in [6.07, 6.45) is 14.7. The summed E-state index contributed by atoms with van der Waals surface area (Å²) >= 11 is 0. The number of allylic oxidation sites excluding steroid dienone is 2. The smallest absolute Gasteiger partial charge is 0.159 e. The number of hydrogen-bond donors (Lipinski definition) is 0. The van der Waals surface area contributed by atoms with E-state index in [1.54, 1.807) is 5.57 Å². The van der Waals surface area contributed by atoms with E-state index in [1.807, 2.05) is 0 Å². The second-order valence-corrected chi connectivity index (χ2v) is 11.0. The van der Waals surface area contributed by atoms with Crippen molar-refractivity contribution in [2.45, 2.75) is 91.4 Å². The van der Waals surface area contributed by atoms with Gasteiger partial charge in [0, 0.05) is 12.0 Å². The Balaban J connectivity index is 1.63. The van der Waals surface area contributed by atoms with Gasteiger partial charge in [-0.1, -0.05) is 19.4 Å². The molecule has 0 heterocycles. The predicted molar refractivity (Wildman–Crippen MR) is 97.6 cm³/mol. The third-order valence-electron chi connectivity index (χ3n) is 9.18. The molecule has 0 spiro atoms. The Labute approximate surface area is 147 Å². The first-order valence-corrected chi connectivity index (χ1v) is 10.6. The zero-order valence-corrected chi connectivity index (χ0v) is 15.9. The Morgan fingerprint density at radius 1 is 0.875 bits per heavy atom. The van der Waals surface area contributed by atoms with Crippen molar-refractivity contribution in [2.24, 2.45) is 34.0 Å². The molecule has 4 bridgehead atoms. The summed E-state index contributed by atoms with van der Waals surface area (Å²) < 4.78 is 0. The van der Waals surface area contributed by atoms with E-state index >= 15 is 0 Å². The summed E-state index contributed by atoms with van der Waals surface area (Å²) in [6, 6.07) is 0. The second kappa shape index (κ2) is 4.77. The van der Waals surface area contributed by atoms with Gasteiger partial charge in [-0.25, -0.2) is 0 Å². The van der Waals surface area contributed by atoms with Crippen molar-refractivity contribution in [2.75, 3.05) is 0 Å². The molecule has 1 nitrogen and oxygen atoms in total. The molecule has 5 aliphatic carbocycles. The van der Waals surface area contributed by atoms with Crippen LogP contribution in [0.3, 0.4) is 0 Å². The summed E-state index contributed by atoms with van der Waals surface area (Å²) in [4.78, 5) is 13.3. The third-order valence-corrected chi connectivity index (χ3v) is 9.18. The molecule has 0 saturated heterocycles. The lowest BCUT2D eigenvalue weighted by molar-refractivity contribution is -0.121. The van der Waals surface area contributed by atoms with Crippen molar-refractivity contribution >= 4 is 5.78 Å². The van der Waals surface area contributed by atoms with Crippen LogP contribution in [-0.4, -0.2) is 5.78 Å². The topological polar surface area (TPSA) is 17.1 Å². The molecule has 5 rings (SSSR count). The van der Waals surface area contributed by atoms with E-state index in [4.69, 9.17) is 0 Å². The largest absolute Gasteiger partial charge is 0.295 e. The Hall–Kier alpha value is -0.590. The van der Waals surface area contributed by atoms with Gasteiger partial charge in [0.25, 0.3) is 0 Å². The lowest BCUT2D eigenvalue weighted by atomic mass is 9.52. The van der Waals surface area contributed by atoms with Gasteiger partial charge in [-0.15, -0.1) is 0 Å².